The zero-order chi connectivity index (χ0) is 22.6. The topological polar surface area (TPSA) is 103 Å². The standard InChI is InChI=1S/C23H20FN5O3/c1-23(2)11-17-19(18(30)12-23)20(13-3-7-15(24)8-4-13)28-22(25-17)26-21(27-28)14-5-9-16(10-6-14)29(31)32/h3-10,20H,11-12H2,1-2H3,(H,25,26,27). The van der Waals surface area contributed by atoms with E-state index in [1.54, 1.807) is 28.9 Å². The molecule has 1 N–H and O–H groups in total. The van der Waals surface area contributed by atoms with E-state index < -0.39 is 11.0 Å². The molecule has 3 aromatic rings. The summed E-state index contributed by atoms with van der Waals surface area (Å²) in [6.45, 7) is 4.09. The van der Waals surface area contributed by atoms with E-state index in [1.807, 2.05) is 13.8 Å². The van der Waals surface area contributed by atoms with Crippen LogP contribution in [0.4, 0.5) is 16.0 Å². The van der Waals surface area contributed by atoms with Crippen LogP contribution in [0.2, 0.25) is 0 Å². The maximum absolute atomic E-state index is 13.6. The number of hydrogen-bond donors (Lipinski definition) is 1. The molecule has 1 aliphatic heterocycles. The number of non-ortho nitro benzene ring substituents is 1. The third-order valence-corrected chi connectivity index (χ3v) is 5.85. The first-order valence-electron chi connectivity index (χ1n) is 10.2. The van der Waals surface area contributed by atoms with E-state index in [9.17, 15) is 19.3 Å². The molecule has 1 aromatic heterocycles. The van der Waals surface area contributed by atoms with Crippen molar-refractivity contribution in [1.29, 1.82) is 0 Å². The average Bonchev–Trinajstić information content (AvgIpc) is 3.16. The van der Waals surface area contributed by atoms with E-state index in [2.05, 4.69) is 15.4 Å². The second kappa shape index (κ2) is 7.08. The molecule has 0 fully saturated rings. The minimum Gasteiger partial charge on any atom is -0.328 e. The van der Waals surface area contributed by atoms with Crippen LogP contribution < -0.4 is 5.32 Å². The van der Waals surface area contributed by atoms with Gasteiger partial charge < -0.3 is 5.32 Å². The molecule has 162 valence electrons. The van der Waals surface area contributed by atoms with Gasteiger partial charge in [-0.05, 0) is 41.7 Å². The molecule has 1 aliphatic carbocycles. The highest BCUT2D eigenvalue weighted by Crippen LogP contribution is 2.45. The van der Waals surface area contributed by atoms with E-state index in [4.69, 9.17) is 0 Å². The van der Waals surface area contributed by atoms with E-state index in [0.717, 1.165) is 11.3 Å². The summed E-state index contributed by atoms with van der Waals surface area (Å²) in [6.07, 6.45) is 1.08. The summed E-state index contributed by atoms with van der Waals surface area (Å²) in [5.41, 5.74) is 2.54. The number of nitro groups is 1. The molecule has 5 rings (SSSR count). The van der Waals surface area contributed by atoms with E-state index in [-0.39, 0.29) is 22.7 Å². The summed E-state index contributed by atoms with van der Waals surface area (Å²) < 4.78 is 15.2. The Hall–Kier alpha value is -3.88. The zero-order valence-electron chi connectivity index (χ0n) is 17.5. The number of nitrogens with one attached hydrogen (secondary N) is 1. The highest BCUT2D eigenvalue weighted by atomic mass is 19.1. The molecular formula is C23H20FN5O3. The number of allylic oxidation sites excluding steroid dienone is 2. The predicted molar refractivity (Wildman–Crippen MR) is 115 cm³/mol. The van der Waals surface area contributed by atoms with Gasteiger partial charge in [0.25, 0.3) is 5.69 Å². The van der Waals surface area contributed by atoms with Gasteiger partial charge in [0.2, 0.25) is 5.95 Å². The molecule has 0 amide bonds. The fraction of sp³-hybridized carbons (Fsp3) is 0.261. The molecule has 2 aliphatic rings. The number of carbonyl (C=O) groups is 1. The summed E-state index contributed by atoms with van der Waals surface area (Å²) in [6, 6.07) is 11.5. The molecule has 0 spiro atoms. The number of Topliss-reactive ketones (excluding diaryl/α,β-unsaturated/α-hetero) is 1. The van der Waals surface area contributed by atoms with Crippen LogP contribution >= 0.6 is 0 Å². The van der Waals surface area contributed by atoms with Gasteiger partial charge in [0.05, 0.1) is 4.92 Å². The number of rotatable bonds is 3. The zero-order valence-corrected chi connectivity index (χ0v) is 17.5. The van der Waals surface area contributed by atoms with E-state index in [1.165, 1.54) is 24.3 Å². The molecule has 0 saturated carbocycles. The van der Waals surface area contributed by atoms with Gasteiger partial charge in [0.1, 0.15) is 11.9 Å². The molecule has 1 unspecified atom stereocenters. The SMILES string of the molecule is CC1(C)CC(=O)C2=C(C1)Nc1nc(-c3ccc([N+](=O)[O-])cc3)nn1C2c1ccc(F)cc1. The molecular weight excluding hydrogens is 413 g/mol. The summed E-state index contributed by atoms with van der Waals surface area (Å²) in [5, 5.41) is 18.9. The minimum absolute atomic E-state index is 0.0232. The van der Waals surface area contributed by atoms with Gasteiger partial charge in [-0.3, -0.25) is 14.9 Å². The molecule has 0 saturated heterocycles. The van der Waals surface area contributed by atoms with Gasteiger partial charge in [-0.15, -0.1) is 5.10 Å². The van der Waals surface area contributed by atoms with Crippen LogP contribution in [0.15, 0.2) is 59.8 Å². The Morgan fingerprint density at radius 2 is 1.81 bits per heavy atom. The van der Waals surface area contributed by atoms with Crippen LogP contribution in [-0.2, 0) is 4.79 Å². The first kappa shape index (κ1) is 20.0. The van der Waals surface area contributed by atoms with Crippen LogP contribution in [-0.4, -0.2) is 25.5 Å². The number of halogens is 1. The second-order valence-electron chi connectivity index (χ2n) is 8.92. The summed E-state index contributed by atoms with van der Waals surface area (Å²) in [5.74, 6) is 0.507. The Morgan fingerprint density at radius 3 is 2.47 bits per heavy atom. The minimum atomic E-state index is -0.537. The third kappa shape index (κ3) is 3.35. The molecule has 0 bridgehead atoms. The van der Waals surface area contributed by atoms with Crippen molar-refractivity contribution in [2.75, 3.05) is 5.32 Å². The lowest BCUT2D eigenvalue weighted by atomic mass is 9.73. The van der Waals surface area contributed by atoms with Crippen molar-refractivity contribution >= 4 is 17.4 Å². The number of nitrogens with zero attached hydrogens (tertiary/aromatic N) is 4. The number of fused-ring (bicyclic) bond motifs is 1. The highest BCUT2D eigenvalue weighted by molar-refractivity contribution is 6.00. The lowest BCUT2D eigenvalue weighted by Crippen LogP contribution is -2.36. The van der Waals surface area contributed by atoms with Gasteiger partial charge in [0.15, 0.2) is 11.6 Å². The van der Waals surface area contributed by atoms with E-state index in [0.29, 0.717) is 35.8 Å². The maximum Gasteiger partial charge on any atom is 0.269 e. The van der Waals surface area contributed by atoms with Crippen molar-refractivity contribution in [3.8, 4) is 11.4 Å². The Bertz CT molecular complexity index is 1280. The quantitative estimate of drug-likeness (QED) is 0.476. The van der Waals surface area contributed by atoms with Crippen molar-refractivity contribution in [2.45, 2.75) is 32.7 Å². The lowest BCUT2D eigenvalue weighted by Gasteiger charge is -2.38. The number of nitro benzene ring substituents is 1. The summed E-state index contributed by atoms with van der Waals surface area (Å²) in [7, 11) is 0. The maximum atomic E-state index is 13.6. The third-order valence-electron chi connectivity index (χ3n) is 5.85. The van der Waals surface area contributed by atoms with Crippen LogP contribution in [0.3, 0.4) is 0 Å². The Balaban J connectivity index is 1.63. The predicted octanol–water partition coefficient (Wildman–Crippen LogP) is 4.65. The number of hydrogen-bond acceptors (Lipinski definition) is 6. The first-order chi connectivity index (χ1) is 15.2. The van der Waals surface area contributed by atoms with Crippen molar-refractivity contribution in [3.63, 3.8) is 0 Å². The Morgan fingerprint density at radius 1 is 1.12 bits per heavy atom. The number of carbonyl (C=O) groups excluding carboxylic acids is 1. The smallest absolute Gasteiger partial charge is 0.269 e. The van der Waals surface area contributed by atoms with Crippen LogP contribution in [0.1, 0.15) is 38.3 Å². The normalized spacial score (nSPS) is 19.2. The molecule has 0 radical (unpaired) electrons. The Kier molecular flexibility index (Phi) is 4.44. The molecule has 1 atom stereocenters. The largest absolute Gasteiger partial charge is 0.328 e. The fourth-order valence-electron chi connectivity index (χ4n) is 4.42. The monoisotopic (exact) mass is 433 g/mol. The first-order valence-corrected chi connectivity index (χ1v) is 10.2. The van der Waals surface area contributed by atoms with Gasteiger partial charge in [-0.1, -0.05) is 26.0 Å². The average molecular weight is 433 g/mol. The van der Waals surface area contributed by atoms with Crippen LogP contribution in [0, 0.1) is 21.3 Å². The van der Waals surface area contributed by atoms with Crippen molar-refractivity contribution in [1.82, 2.24) is 14.8 Å². The van der Waals surface area contributed by atoms with Gasteiger partial charge in [-0.2, -0.15) is 4.98 Å². The summed E-state index contributed by atoms with van der Waals surface area (Å²) >= 11 is 0. The molecule has 32 heavy (non-hydrogen) atoms. The van der Waals surface area contributed by atoms with Gasteiger partial charge in [-0.25, -0.2) is 9.07 Å². The fourth-order valence-corrected chi connectivity index (χ4v) is 4.42. The van der Waals surface area contributed by atoms with E-state index >= 15 is 0 Å². The van der Waals surface area contributed by atoms with Crippen LogP contribution in [0.5, 0.6) is 0 Å². The number of benzene rings is 2. The highest BCUT2D eigenvalue weighted by Gasteiger charge is 2.41. The number of aromatic nitrogens is 3. The van der Waals surface area contributed by atoms with Gasteiger partial charge in [0, 0.05) is 35.4 Å². The lowest BCUT2D eigenvalue weighted by molar-refractivity contribution is -0.384. The van der Waals surface area contributed by atoms with Crippen molar-refractivity contribution < 1.29 is 14.1 Å². The Labute approximate surface area is 182 Å². The molecule has 8 nitrogen and oxygen atoms in total. The van der Waals surface area contributed by atoms with Crippen LogP contribution in [0.25, 0.3) is 11.4 Å². The number of anilines is 1. The molecule has 2 aromatic carbocycles. The second-order valence-corrected chi connectivity index (χ2v) is 8.92. The van der Waals surface area contributed by atoms with Crippen molar-refractivity contribution in [3.05, 3.63) is 81.3 Å². The molecule has 9 heteroatoms. The summed E-state index contributed by atoms with van der Waals surface area (Å²) in [4.78, 5) is 28.3. The van der Waals surface area contributed by atoms with Gasteiger partial charge >= 0.3 is 0 Å². The number of ketones is 1. The molecule has 2 heterocycles. The van der Waals surface area contributed by atoms with Crippen molar-refractivity contribution in [2.24, 2.45) is 5.41 Å².